The fraction of sp³-hybridized carbons (Fsp3) is 0.600. The summed E-state index contributed by atoms with van der Waals surface area (Å²) in [6.07, 6.45) is -2.86. The predicted molar refractivity (Wildman–Crippen MR) is 62.4 cm³/mol. The molecule has 0 bridgehead atoms. The molecule has 0 radical (unpaired) electrons. The van der Waals surface area contributed by atoms with Crippen LogP contribution in [0.4, 0.5) is 4.39 Å². The minimum Gasteiger partial charge on any atom is -0.394 e. The summed E-state index contributed by atoms with van der Waals surface area (Å²) in [6.45, 7) is 0.636. The molecule has 1 aromatic heterocycles. The van der Waals surface area contributed by atoms with E-state index in [9.17, 15) is 14.3 Å². The molecular weight excluding hydrogens is 263 g/mol. The van der Waals surface area contributed by atoms with E-state index in [1.807, 2.05) is 0 Å². The number of nitrogens with one attached hydrogen (secondary N) is 1. The molecule has 1 aliphatic heterocycles. The average Bonchev–Trinajstić information content (AvgIpc) is 2.52. The first-order chi connectivity index (χ1) is 8.37. The van der Waals surface area contributed by atoms with E-state index in [4.69, 9.17) is 22.1 Å². The number of hydrogen-bond donors (Lipinski definition) is 3. The number of ether oxygens (including phenoxy) is 1. The first kappa shape index (κ1) is 13.3. The Morgan fingerprint density at radius 2 is 2.39 bits per heavy atom. The van der Waals surface area contributed by atoms with Crippen molar-refractivity contribution in [1.82, 2.24) is 9.55 Å². The van der Waals surface area contributed by atoms with Gasteiger partial charge in [-0.15, -0.1) is 0 Å². The summed E-state index contributed by atoms with van der Waals surface area (Å²) in [5.41, 5.74) is -2.52. The van der Waals surface area contributed by atoms with E-state index in [2.05, 4.69) is 4.98 Å². The van der Waals surface area contributed by atoms with Crippen molar-refractivity contribution in [3.63, 3.8) is 0 Å². The highest BCUT2D eigenvalue weighted by Gasteiger charge is 2.54. The second-order valence-electron chi connectivity index (χ2n) is 4.35. The minimum atomic E-state index is -1.91. The van der Waals surface area contributed by atoms with Gasteiger partial charge in [0.1, 0.15) is 16.3 Å². The standard InChI is InChI=1S/C10H13FN2O4S/c1-10(16)7(11)5(4-14)17-8(10)13-3-2-6(18)12-9(13)15/h2-3,5,7-8,14,16H,4H2,1H3,(H,12,15,18)/t5-,7+,8-,10?/m1/s1. The van der Waals surface area contributed by atoms with E-state index < -0.39 is 36.4 Å². The zero-order valence-electron chi connectivity index (χ0n) is 9.54. The highest BCUT2D eigenvalue weighted by molar-refractivity contribution is 7.71. The molecule has 1 aromatic rings. The number of halogens is 1. The molecule has 0 amide bonds. The maximum absolute atomic E-state index is 13.8. The molecule has 4 atom stereocenters. The molecule has 1 fully saturated rings. The van der Waals surface area contributed by atoms with Gasteiger partial charge in [-0.1, -0.05) is 12.2 Å². The molecule has 1 aliphatic rings. The lowest BCUT2D eigenvalue weighted by Gasteiger charge is -2.26. The average molecular weight is 276 g/mol. The summed E-state index contributed by atoms with van der Waals surface area (Å²) in [6, 6.07) is 1.43. The molecular formula is C10H13FN2O4S. The molecule has 6 nitrogen and oxygen atoms in total. The van der Waals surface area contributed by atoms with Crippen LogP contribution in [0.5, 0.6) is 0 Å². The number of rotatable bonds is 2. The SMILES string of the molecule is CC1(O)[C@@H](F)[C@@H](CO)O[C@H]1n1ccc(=S)[nH]c1=O. The van der Waals surface area contributed by atoms with E-state index in [-0.39, 0.29) is 4.64 Å². The molecule has 18 heavy (non-hydrogen) atoms. The van der Waals surface area contributed by atoms with Crippen LogP contribution in [0.1, 0.15) is 13.2 Å². The fourth-order valence-electron chi connectivity index (χ4n) is 1.98. The number of aliphatic hydroxyl groups is 2. The van der Waals surface area contributed by atoms with Crippen LogP contribution in [0.25, 0.3) is 0 Å². The summed E-state index contributed by atoms with van der Waals surface area (Å²) >= 11 is 4.77. The summed E-state index contributed by atoms with van der Waals surface area (Å²) in [5.74, 6) is 0. The van der Waals surface area contributed by atoms with Crippen LogP contribution in [0.15, 0.2) is 17.1 Å². The number of aromatic nitrogens is 2. The number of nitrogens with zero attached hydrogens (tertiary/aromatic N) is 1. The molecule has 8 heteroatoms. The van der Waals surface area contributed by atoms with Gasteiger partial charge in [0.05, 0.1) is 6.61 Å². The lowest BCUT2D eigenvalue weighted by atomic mass is 9.98. The lowest BCUT2D eigenvalue weighted by molar-refractivity contribution is -0.0932. The smallest absolute Gasteiger partial charge is 0.328 e. The normalized spacial score (nSPS) is 35.9. The van der Waals surface area contributed by atoms with E-state index in [1.54, 1.807) is 0 Å². The second-order valence-corrected chi connectivity index (χ2v) is 4.79. The van der Waals surface area contributed by atoms with Gasteiger partial charge in [-0.25, -0.2) is 9.18 Å². The molecule has 1 saturated heterocycles. The lowest BCUT2D eigenvalue weighted by Crippen LogP contribution is -2.44. The summed E-state index contributed by atoms with van der Waals surface area (Å²) in [4.78, 5) is 14.0. The van der Waals surface area contributed by atoms with Crippen molar-refractivity contribution in [3.8, 4) is 0 Å². The molecule has 100 valence electrons. The first-order valence-electron chi connectivity index (χ1n) is 5.32. The van der Waals surface area contributed by atoms with Gasteiger partial charge in [-0.2, -0.15) is 0 Å². The van der Waals surface area contributed by atoms with Crippen molar-refractivity contribution < 1.29 is 19.3 Å². The maximum Gasteiger partial charge on any atom is 0.328 e. The van der Waals surface area contributed by atoms with Gasteiger partial charge in [0, 0.05) is 6.20 Å². The van der Waals surface area contributed by atoms with Crippen LogP contribution < -0.4 is 5.69 Å². The third-order valence-electron chi connectivity index (χ3n) is 2.97. The zero-order valence-corrected chi connectivity index (χ0v) is 10.4. The molecule has 3 N–H and O–H groups in total. The fourth-order valence-corrected chi connectivity index (χ4v) is 2.13. The number of hydrogen-bond acceptors (Lipinski definition) is 5. The van der Waals surface area contributed by atoms with Crippen LogP contribution in [-0.2, 0) is 4.74 Å². The molecule has 0 aliphatic carbocycles. The van der Waals surface area contributed by atoms with Crippen LogP contribution in [0, 0.1) is 4.64 Å². The largest absolute Gasteiger partial charge is 0.394 e. The minimum absolute atomic E-state index is 0.226. The molecule has 0 aromatic carbocycles. The Balaban J connectivity index is 2.45. The Morgan fingerprint density at radius 1 is 1.72 bits per heavy atom. The Hall–Kier alpha value is -1.09. The van der Waals surface area contributed by atoms with Gasteiger partial charge in [0.15, 0.2) is 12.4 Å². The van der Waals surface area contributed by atoms with E-state index in [1.165, 1.54) is 19.2 Å². The number of H-pyrrole nitrogens is 1. The molecule has 2 heterocycles. The van der Waals surface area contributed by atoms with Gasteiger partial charge < -0.3 is 14.9 Å². The molecule has 1 unspecified atom stereocenters. The molecule has 0 spiro atoms. The summed E-state index contributed by atoms with van der Waals surface area (Å²) in [7, 11) is 0. The Kier molecular flexibility index (Phi) is 3.37. The highest BCUT2D eigenvalue weighted by Crippen LogP contribution is 2.39. The third-order valence-corrected chi connectivity index (χ3v) is 3.21. The Morgan fingerprint density at radius 3 is 2.89 bits per heavy atom. The summed E-state index contributed by atoms with van der Waals surface area (Å²) < 4.78 is 20.2. The topological polar surface area (TPSA) is 87.5 Å². The van der Waals surface area contributed by atoms with E-state index >= 15 is 0 Å². The monoisotopic (exact) mass is 276 g/mol. The van der Waals surface area contributed by atoms with Crippen LogP contribution in [0.3, 0.4) is 0 Å². The first-order valence-corrected chi connectivity index (χ1v) is 5.73. The van der Waals surface area contributed by atoms with Crippen LogP contribution >= 0.6 is 12.2 Å². The Bertz CT molecular complexity index is 555. The van der Waals surface area contributed by atoms with Gasteiger partial charge in [0.2, 0.25) is 0 Å². The highest BCUT2D eigenvalue weighted by atomic mass is 32.1. The summed E-state index contributed by atoms with van der Waals surface area (Å²) in [5, 5.41) is 19.0. The van der Waals surface area contributed by atoms with Crippen molar-refractivity contribution >= 4 is 12.2 Å². The van der Waals surface area contributed by atoms with E-state index in [0.29, 0.717) is 0 Å². The van der Waals surface area contributed by atoms with Crippen molar-refractivity contribution in [1.29, 1.82) is 0 Å². The zero-order chi connectivity index (χ0) is 13.5. The van der Waals surface area contributed by atoms with Gasteiger partial charge in [0.25, 0.3) is 0 Å². The maximum atomic E-state index is 13.8. The van der Waals surface area contributed by atoms with Crippen LogP contribution in [0.2, 0.25) is 0 Å². The van der Waals surface area contributed by atoms with Crippen molar-refractivity contribution in [3.05, 3.63) is 27.4 Å². The van der Waals surface area contributed by atoms with Gasteiger partial charge >= 0.3 is 5.69 Å². The van der Waals surface area contributed by atoms with E-state index in [0.717, 1.165) is 4.57 Å². The molecule has 2 rings (SSSR count). The quantitative estimate of drug-likeness (QED) is 0.656. The third kappa shape index (κ3) is 2.01. The second kappa shape index (κ2) is 4.54. The number of aliphatic hydroxyl groups excluding tert-OH is 1. The number of aromatic amines is 1. The van der Waals surface area contributed by atoms with Crippen molar-refractivity contribution in [2.24, 2.45) is 0 Å². The molecule has 0 saturated carbocycles. The Labute approximate surface area is 107 Å². The van der Waals surface area contributed by atoms with Crippen molar-refractivity contribution in [2.75, 3.05) is 6.61 Å². The predicted octanol–water partition coefficient (Wildman–Crippen LogP) is -0.115. The van der Waals surface area contributed by atoms with Crippen LogP contribution in [-0.4, -0.2) is 44.2 Å². The van der Waals surface area contributed by atoms with Gasteiger partial charge in [-0.3, -0.25) is 9.55 Å². The van der Waals surface area contributed by atoms with Crippen molar-refractivity contribution in [2.45, 2.75) is 31.0 Å². The number of alkyl halides is 1. The van der Waals surface area contributed by atoms with Gasteiger partial charge in [-0.05, 0) is 13.0 Å².